The van der Waals surface area contributed by atoms with Crippen molar-refractivity contribution in [2.45, 2.75) is 37.2 Å². The maximum atomic E-state index is 13.8. The fraction of sp³-hybridized carbons (Fsp3) is 0.241. The molecule has 1 aliphatic heterocycles. The van der Waals surface area contributed by atoms with E-state index in [0.29, 0.717) is 24.0 Å². The lowest BCUT2D eigenvalue weighted by Gasteiger charge is -2.40. The molecule has 2 aromatic heterocycles. The minimum atomic E-state index is -3.89. The van der Waals surface area contributed by atoms with Crippen molar-refractivity contribution in [3.8, 4) is 5.69 Å². The Morgan fingerprint density at radius 3 is 2.28 bits per heavy atom. The first-order valence-electron chi connectivity index (χ1n) is 12.6. The average Bonchev–Trinajstić information content (AvgIpc) is 3.43. The summed E-state index contributed by atoms with van der Waals surface area (Å²) >= 11 is 0. The van der Waals surface area contributed by atoms with E-state index in [-0.39, 0.29) is 22.7 Å². The second-order valence-corrected chi connectivity index (χ2v) is 12.5. The third-order valence-corrected chi connectivity index (χ3v) is 8.41. The van der Waals surface area contributed by atoms with Crippen LogP contribution in [-0.4, -0.2) is 51.9 Å². The molecule has 0 unspecified atom stereocenters. The van der Waals surface area contributed by atoms with E-state index in [9.17, 15) is 17.6 Å². The maximum absolute atomic E-state index is 13.8. The Kier molecular flexibility index (Phi) is 5.76. The molecule has 0 atom stereocenters. The third-order valence-electron chi connectivity index (χ3n) is 6.79. The molecule has 1 saturated heterocycles. The molecule has 8 nitrogen and oxygen atoms in total. The van der Waals surface area contributed by atoms with Gasteiger partial charge in [0.2, 0.25) is 0 Å². The number of rotatable bonds is 4. The van der Waals surface area contributed by atoms with Crippen LogP contribution in [0, 0.1) is 5.82 Å². The van der Waals surface area contributed by atoms with Crippen molar-refractivity contribution in [2.75, 3.05) is 13.1 Å². The summed E-state index contributed by atoms with van der Waals surface area (Å²) in [5.74, 6) is -0.325. The number of carbonyl (C=O) groups excluding carboxylic acids is 1. The van der Waals surface area contributed by atoms with E-state index in [4.69, 9.17) is 4.74 Å². The smallest absolute Gasteiger partial charge is 0.410 e. The quantitative estimate of drug-likeness (QED) is 0.289. The van der Waals surface area contributed by atoms with Crippen molar-refractivity contribution in [1.29, 1.82) is 0 Å². The monoisotopic (exact) mass is 546 g/mol. The number of carbonyl (C=O) groups is 1. The normalized spacial score (nSPS) is 14.6. The zero-order chi connectivity index (χ0) is 27.5. The summed E-state index contributed by atoms with van der Waals surface area (Å²) < 4.78 is 49.1. The van der Waals surface area contributed by atoms with Gasteiger partial charge in [-0.2, -0.15) is 17.6 Å². The molecule has 0 radical (unpaired) electrons. The highest BCUT2D eigenvalue weighted by Crippen LogP contribution is 2.37. The molecule has 0 spiro atoms. The summed E-state index contributed by atoms with van der Waals surface area (Å²) in [6, 6.07) is 20.1. The van der Waals surface area contributed by atoms with Gasteiger partial charge < -0.3 is 14.2 Å². The minimum Gasteiger partial charge on any atom is -0.444 e. The van der Waals surface area contributed by atoms with Gasteiger partial charge in [-0.15, -0.1) is 0 Å². The van der Waals surface area contributed by atoms with Crippen molar-refractivity contribution in [3.63, 3.8) is 0 Å². The largest absolute Gasteiger partial charge is 0.444 e. The second kappa shape index (κ2) is 8.94. The van der Waals surface area contributed by atoms with Crippen molar-refractivity contribution < 1.29 is 22.3 Å². The summed E-state index contributed by atoms with van der Waals surface area (Å²) in [4.78, 5) is 14.3. The maximum Gasteiger partial charge on any atom is 0.410 e. The molecular formula is C29H27FN4O4S. The molecule has 1 amide bonds. The van der Waals surface area contributed by atoms with E-state index in [1.54, 1.807) is 35.2 Å². The van der Waals surface area contributed by atoms with Gasteiger partial charge in [0.05, 0.1) is 22.1 Å². The highest BCUT2D eigenvalue weighted by molar-refractivity contribution is 7.90. The number of likely N-dealkylation sites (tertiary alicyclic amines) is 1. The number of hydrogen-bond donors (Lipinski definition) is 0. The van der Waals surface area contributed by atoms with Crippen molar-refractivity contribution in [1.82, 2.24) is 18.7 Å². The van der Waals surface area contributed by atoms with Gasteiger partial charge in [0.15, 0.2) is 0 Å². The lowest BCUT2D eigenvalue weighted by Crippen LogP contribution is -2.50. The van der Waals surface area contributed by atoms with E-state index in [0.717, 1.165) is 26.4 Å². The standard InChI is InChI=1S/C29H27FN4O4S/c1-29(2,3)38-28(35)32-17-21(18-32)26-13-19-14-27-20(15-25(19)33(26)23-11-9-22(30)10-12-23)16-31-34(27)39(36,37)24-7-5-4-6-8-24/h4-16,21H,17-18H2,1-3H3. The zero-order valence-corrected chi connectivity index (χ0v) is 22.5. The fourth-order valence-corrected chi connectivity index (χ4v) is 6.22. The third kappa shape index (κ3) is 4.44. The molecule has 0 bridgehead atoms. The van der Waals surface area contributed by atoms with Crippen LogP contribution in [0.4, 0.5) is 9.18 Å². The van der Waals surface area contributed by atoms with Gasteiger partial charge in [-0.3, -0.25) is 0 Å². The van der Waals surface area contributed by atoms with Gasteiger partial charge in [-0.1, -0.05) is 18.2 Å². The average molecular weight is 547 g/mol. The first kappa shape index (κ1) is 25.1. The predicted molar refractivity (Wildman–Crippen MR) is 146 cm³/mol. The Morgan fingerprint density at radius 1 is 0.949 bits per heavy atom. The van der Waals surface area contributed by atoms with Gasteiger partial charge in [0.25, 0.3) is 10.0 Å². The van der Waals surface area contributed by atoms with Gasteiger partial charge in [-0.05, 0) is 75.4 Å². The van der Waals surface area contributed by atoms with E-state index in [1.165, 1.54) is 30.5 Å². The molecule has 3 heterocycles. The molecule has 1 fully saturated rings. The van der Waals surface area contributed by atoms with E-state index in [2.05, 4.69) is 5.10 Å². The Labute approximate surface area is 225 Å². The summed E-state index contributed by atoms with van der Waals surface area (Å²) in [6.07, 6.45) is 1.17. The lowest BCUT2D eigenvalue weighted by molar-refractivity contribution is 0.00778. The number of benzene rings is 3. The molecule has 0 saturated carbocycles. The molecule has 5 aromatic rings. The van der Waals surface area contributed by atoms with Crippen LogP contribution in [0.1, 0.15) is 32.4 Å². The van der Waals surface area contributed by atoms with Crippen LogP contribution in [-0.2, 0) is 14.8 Å². The number of fused-ring (bicyclic) bond motifs is 2. The minimum absolute atomic E-state index is 0.0163. The van der Waals surface area contributed by atoms with Crippen LogP contribution in [0.5, 0.6) is 0 Å². The SMILES string of the molecule is CC(C)(C)OC(=O)N1CC(c2cc3cc4c(cnn4S(=O)(=O)c4ccccc4)cc3n2-c2ccc(F)cc2)C1. The van der Waals surface area contributed by atoms with Crippen LogP contribution in [0.15, 0.2) is 83.9 Å². The number of hydrogen-bond acceptors (Lipinski definition) is 5. The van der Waals surface area contributed by atoms with Crippen LogP contribution < -0.4 is 0 Å². The van der Waals surface area contributed by atoms with E-state index < -0.39 is 15.6 Å². The van der Waals surface area contributed by atoms with E-state index >= 15 is 0 Å². The van der Waals surface area contributed by atoms with Crippen molar-refractivity contribution in [2.24, 2.45) is 0 Å². The first-order valence-corrected chi connectivity index (χ1v) is 14.0. The summed E-state index contributed by atoms with van der Waals surface area (Å²) in [6.45, 7) is 6.44. The molecule has 6 rings (SSSR count). The summed E-state index contributed by atoms with van der Waals surface area (Å²) in [5, 5.41) is 5.67. The first-order chi connectivity index (χ1) is 18.5. The summed E-state index contributed by atoms with van der Waals surface area (Å²) in [5.41, 5.74) is 2.41. The van der Waals surface area contributed by atoms with Crippen molar-refractivity contribution in [3.05, 3.63) is 90.5 Å². The topological polar surface area (TPSA) is 86.4 Å². The van der Waals surface area contributed by atoms with Gasteiger partial charge >= 0.3 is 6.09 Å². The molecule has 3 aromatic carbocycles. The molecule has 10 heteroatoms. The second-order valence-electron chi connectivity index (χ2n) is 10.7. The Bertz CT molecular complexity index is 1810. The number of nitrogens with zero attached hydrogens (tertiary/aromatic N) is 4. The van der Waals surface area contributed by atoms with E-state index in [1.807, 2.05) is 43.5 Å². The van der Waals surface area contributed by atoms with Crippen molar-refractivity contribution >= 4 is 37.9 Å². The number of halogens is 1. The Balaban J connectivity index is 1.45. The number of ether oxygens (including phenoxy) is 1. The zero-order valence-electron chi connectivity index (χ0n) is 21.7. The number of aromatic nitrogens is 3. The van der Waals surface area contributed by atoms with Crippen LogP contribution in [0.25, 0.3) is 27.5 Å². The molecule has 0 N–H and O–H groups in total. The fourth-order valence-electron chi connectivity index (χ4n) is 4.93. The Hall–Kier alpha value is -4.18. The number of amides is 1. The van der Waals surface area contributed by atoms with Gasteiger partial charge in [0, 0.05) is 41.2 Å². The van der Waals surface area contributed by atoms with Crippen LogP contribution in [0.2, 0.25) is 0 Å². The Morgan fingerprint density at radius 2 is 1.62 bits per heavy atom. The van der Waals surface area contributed by atoms with Gasteiger partial charge in [0.1, 0.15) is 11.4 Å². The molecule has 0 aliphatic carbocycles. The molecule has 1 aliphatic rings. The predicted octanol–water partition coefficient (Wildman–Crippen LogP) is 5.69. The lowest BCUT2D eigenvalue weighted by atomic mass is 9.96. The highest BCUT2D eigenvalue weighted by atomic mass is 32.2. The van der Waals surface area contributed by atoms with Gasteiger partial charge in [-0.25, -0.2) is 9.18 Å². The molecule has 39 heavy (non-hydrogen) atoms. The van der Waals surface area contributed by atoms with Crippen LogP contribution in [0.3, 0.4) is 0 Å². The molecular weight excluding hydrogens is 519 g/mol. The highest BCUT2D eigenvalue weighted by Gasteiger charge is 2.37. The summed E-state index contributed by atoms with van der Waals surface area (Å²) in [7, 11) is -3.89. The van der Waals surface area contributed by atoms with Crippen LogP contribution >= 0.6 is 0 Å². The molecule has 200 valence electrons.